The maximum absolute atomic E-state index is 12.9. The van der Waals surface area contributed by atoms with Crippen LogP contribution in [0.4, 0.5) is 0 Å². The van der Waals surface area contributed by atoms with E-state index in [1.165, 1.54) is 6.92 Å². The number of allylic oxidation sites excluding steroid dienone is 1. The van der Waals surface area contributed by atoms with E-state index in [0.717, 1.165) is 98.6 Å². The van der Waals surface area contributed by atoms with E-state index in [0.29, 0.717) is 58.2 Å². The van der Waals surface area contributed by atoms with Gasteiger partial charge in [0.2, 0.25) is 11.8 Å². The fourth-order valence-corrected chi connectivity index (χ4v) is 8.29. The van der Waals surface area contributed by atoms with E-state index in [4.69, 9.17) is 18.9 Å². The molecule has 0 aliphatic rings. The third-order valence-corrected chi connectivity index (χ3v) is 12.8. The zero-order valence-electron chi connectivity index (χ0n) is 47.5. The van der Waals surface area contributed by atoms with Crippen molar-refractivity contribution in [3.05, 3.63) is 156 Å². The van der Waals surface area contributed by atoms with Gasteiger partial charge in [0.25, 0.3) is 0 Å². The summed E-state index contributed by atoms with van der Waals surface area (Å²) in [6, 6.07) is 36.1. The van der Waals surface area contributed by atoms with E-state index >= 15 is 0 Å². The highest BCUT2D eigenvalue weighted by Crippen LogP contribution is 2.12. The Kier molecular flexibility index (Phi) is 34.9. The first-order chi connectivity index (χ1) is 38.8. The summed E-state index contributed by atoms with van der Waals surface area (Å²) in [5.41, 5.74) is 3.97. The number of carbonyl (C=O) groups is 8. The van der Waals surface area contributed by atoms with Crippen molar-refractivity contribution in [2.45, 2.75) is 154 Å². The summed E-state index contributed by atoms with van der Waals surface area (Å²) in [5.74, 6) is -2.25. The molecule has 80 heavy (non-hydrogen) atoms. The summed E-state index contributed by atoms with van der Waals surface area (Å²) in [5, 5.41) is 11.5. The molecule has 2 amide bonds. The Morgan fingerprint density at radius 2 is 0.675 bits per heavy atom. The largest absolute Gasteiger partial charge is 0.465 e. The molecule has 4 unspecified atom stereocenters. The number of amides is 2. The highest BCUT2D eigenvalue weighted by Gasteiger charge is 2.25. The van der Waals surface area contributed by atoms with Crippen LogP contribution in [0.2, 0.25) is 0 Å². The summed E-state index contributed by atoms with van der Waals surface area (Å²) < 4.78 is 21.8. The van der Waals surface area contributed by atoms with E-state index in [-0.39, 0.29) is 61.1 Å². The average molecular weight is 1100 g/mol. The number of esters is 4. The van der Waals surface area contributed by atoms with E-state index in [1.807, 2.05) is 121 Å². The van der Waals surface area contributed by atoms with Gasteiger partial charge in [-0.15, -0.1) is 0 Å². The lowest BCUT2D eigenvalue weighted by Crippen LogP contribution is -2.43. The van der Waals surface area contributed by atoms with Crippen molar-refractivity contribution in [1.82, 2.24) is 21.3 Å². The first kappa shape index (κ1) is 67.0. The van der Waals surface area contributed by atoms with Crippen molar-refractivity contribution in [3.63, 3.8) is 0 Å². The first-order valence-corrected chi connectivity index (χ1v) is 28.2. The molecule has 0 bridgehead atoms. The van der Waals surface area contributed by atoms with Crippen molar-refractivity contribution >= 4 is 47.3 Å². The minimum atomic E-state index is -0.864. The summed E-state index contributed by atoms with van der Waals surface area (Å²) in [6.07, 6.45) is 14.5. The molecule has 434 valence electrons. The zero-order chi connectivity index (χ0) is 58.0. The summed E-state index contributed by atoms with van der Waals surface area (Å²) in [4.78, 5) is 97.1. The third-order valence-electron chi connectivity index (χ3n) is 12.8. The predicted octanol–water partition coefficient (Wildman–Crippen LogP) is 8.46. The third kappa shape index (κ3) is 31.3. The van der Waals surface area contributed by atoms with Crippen molar-refractivity contribution in [2.75, 3.05) is 40.5 Å². The number of nitrogens with one attached hydrogen (secondary N) is 4. The van der Waals surface area contributed by atoms with Gasteiger partial charge in [-0.1, -0.05) is 134 Å². The summed E-state index contributed by atoms with van der Waals surface area (Å²) >= 11 is 0. The molecule has 0 aromatic heterocycles. The zero-order valence-corrected chi connectivity index (χ0v) is 47.5. The van der Waals surface area contributed by atoms with Gasteiger partial charge in [-0.05, 0) is 133 Å². The number of hydrogen-bond donors (Lipinski definition) is 4. The van der Waals surface area contributed by atoms with Gasteiger partial charge in [0, 0.05) is 31.8 Å². The first-order valence-electron chi connectivity index (χ1n) is 28.2. The topological polar surface area (TPSA) is 222 Å². The lowest BCUT2D eigenvalue weighted by molar-refractivity contribution is -0.148. The molecule has 4 aromatic carbocycles. The monoisotopic (exact) mass is 1100 g/mol. The molecule has 0 spiro atoms. The van der Waals surface area contributed by atoms with Crippen LogP contribution in [0.15, 0.2) is 133 Å². The van der Waals surface area contributed by atoms with E-state index in [9.17, 15) is 38.4 Å². The van der Waals surface area contributed by atoms with Crippen molar-refractivity contribution in [2.24, 2.45) is 0 Å². The molecular formula is C64H86N4O12. The van der Waals surface area contributed by atoms with Crippen LogP contribution in [0.1, 0.15) is 126 Å². The molecule has 4 atom stereocenters. The SMILES string of the molecule is CNC(Cc1ccccc1)C(=O)OCCCCCCOC(=O)C(Cc1ccccc1)NC(=O)/C=C/C(C)=O.CNC(Cc1ccccc1)C(=O)OCCCCCCOC(=O)C(Cc1ccccc1)NC(=O)CCCCCCC(C)=O. The van der Waals surface area contributed by atoms with E-state index in [2.05, 4.69) is 21.3 Å². The Hall–Kier alpha value is -7.30. The Morgan fingerprint density at radius 1 is 0.375 bits per heavy atom. The highest BCUT2D eigenvalue weighted by atomic mass is 16.5. The molecule has 0 saturated carbocycles. The maximum atomic E-state index is 12.9. The Labute approximate surface area is 473 Å². The summed E-state index contributed by atoms with van der Waals surface area (Å²) in [7, 11) is 3.50. The van der Waals surface area contributed by atoms with Crippen LogP contribution in [-0.4, -0.2) is 112 Å². The Bertz CT molecular complexity index is 2440. The quantitative estimate of drug-likeness (QED) is 0.0143. The lowest BCUT2D eigenvalue weighted by Gasteiger charge is -2.18. The molecule has 4 N–H and O–H groups in total. The highest BCUT2D eigenvalue weighted by molar-refractivity contribution is 5.98. The van der Waals surface area contributed by atoms with Crippen molar-refractivity contribution < 1.29 is 57.3 Å². The molecule has 0 heterocycles. The van der Waals surface area contributed by atoms with Crippen LogP contribution >= 0.6 is 0 Å². The number of unbranched alkanes of at least 4 members (excludes halogenated alkanes) is 9. The number of ether oxygens (including phenoxy) is 4. The second-order valence-corrected chi connectivity index (χ2v) is 19.7. The number of likely N-dealkylation sites (N-methyl/N-ethyl adjacent to an activating group) is 2. The van der Waals surface area contributed by atoms with Crippen LogP contribution in [0.25, 0.3) is 0 Å². The van der Waals surface area contributed by atoms with Gasteiger partial charge in [-0.3, -0.25) is 24.0 Å². The summed E-state index contributed by atoms with van der Waals surface area (Å²) in [6.45, 7) is 4.12. The molecule has 4 aromatic rings. The fraction of sp³-hybridized carbons (Fsp3) is 0.469. The van der Waals surface area contributed by atoms with E-state index < -0.39 is 29.9 Å². The molecule has 0 aliphatic carbocycles. The van der Waals surface area contributed by atoms with Gasteiger partial charge in [0.05, 0.1) is 26.4 Å². The molecule has 4 rings (SSSR count). The lowest BCUT2D eigenvalue weighted by atomic mass is 10.1. The second-order valence-electron chi connectivity index (χ2n) is 19.7. The van der Waals surface area contributed by atoms with Gasteiger partial charge in [0.1, 0.15) is 30.0 Å². The van der Waals surface area contributed by atoms with Gasteiger partial charge in [-0.2, -0.15) is 0 Å². The van der Waals surface area contributed by atoms with Gasteiger partial charge < -0.3 is 45.0 Å². The van der Waals surface area contributed by atoms with Crippen LogP contribution in [0, 0.1) is 0 Å². The minimum absolute atomic E-state index is 0.168. The Balaban J connectivity index is 0.000000422. The van der Waals surface area contributed by atoms with Crippen LogP contribution in [-0.2, 0) is 83.0 Å². The molecule has 0 fully saturated rings. The smallest absolute Gasteiger partial charge is 0.328 e. The molecule has 16 nitrogen and oxygen atoms in total. The maximum Gasteiger partial charge on any atom is 0.328 e. The van der Waals surface area contributed by atoms with Crippen LogP contribution in [0.5, 0.6) is 0 Å². The average Bonchev–Trinajstić information content (AvgIpc) is 3.46. The minimum Gasteiger partial charge on any atom is -0.465 e. The fourth-order valence-electron chi connectivity index (χ4n) is 8.29. The normalized spacial score (nSPS) is 12.3. The van der Waals surface area contributed by atoms with Gasteiger partial charge in [-0.25, -0.2) is 9.59 Å². The molecule has 0 aliphatic heterocycles. The van der Waals surface area contributed by atoms with Gasteiger partial charge in [0.15, 0.2) is 5.78 Å². The van der Waals surface area contributed by atoms with Crippen LogP contribution < -0.4 is 21.3 Å². The number of benzene rings is 4. The second kappa shape index (κ2) is 41.7. The van der Waals surface area contributed by atoms with Crippen LogP contribution in [0.3, 0.4) is 0 Å². The molecule has 0 radical (unpaired) electrons. The molecular weight excluding hydrogens is 1020 g/mol. The number of hydrogen-bond acceptors (Lipinski definition) is 14. The predicted molar refractivity (Wildman–Crippen MR) is 309 cm³/mol. The number of ketones is 2. The van der Waals surface area contributed by atoms with Crippen molar-refractivity contribution in [1.29, 1.82) is 0 Å². The number of rotatable bonds is 39. The molecule has 0 saturated heterocycles. The number of carbonyl (C=O) groups excluding carboxylic acids is 8. The van der Waals surface area contributed by atoms with E-state index in [1.54, 1.807) is 21.0 Å². The van der Waals surface area contributed by atoms with Crippen molar-refractivity contribution in [3.8, 4) is 0 Å². The standard InChI is InChI=1S/C34H48N2O6.C30H38N2O6/c1-27(37)17-9-3-4-14-22-32(38)36-31(26-29-20-12-8-13-21-29)34(40)42-24-16-6-5-15-23-41-33(39)30(35-2)25-28-18-10-7-11-19-28;1-23(33)17-18-28(34)32-27(22-25-15-9-6-10-16-25)30(36)38-20-12-4-3-11-19-37-29(35)26(31-2)21-24-13-7-5-8-14-24/h7-8,10-13,18-21,30-31,35H,3-6,9,14-17,22-26H2,1-2H3,(H,36,38);5-10,13-18,26-27,31H,3-4,11-12,19-22H2,1-2H3,(H,32,34)/b;18-17+. The van der Waals surface area contributed by atoms with Gasteiger partial charge >= 0.3 is 23.9 Å². The molecule has 16 heteroatoms. The number of Topliss-reactive ketones (excluding diaryl/α,β-unsaturated/α-hetero) is 1. The Morgan fingerprint density at radius 3 is 1.00 bits per heavy atom.